The van der Waals surface area contributed by atoms with Crippen molar-refractivity contribution in [3.63, 3.8) is 0 Å². The number of likely N-dealkylation sites (N-methyl/N-ethyl adjacent to an activating group) is 1. The number of amides is 1. The van der Waals surface area contributed by atoms with Crippen LogP contribution < -0.4 is 0 Å². The summed E-state index contributed by atoms with van der Waals surface area (Å²) in [5.41, 5.74) is 3.44. The summed E-state index contributed by atoms with van der Waals surface area (Å²) in [5, 5.41) is 4.00. The molecule has 1 saturated heterocycles. The van der Waals surface area contributed by atoms with Crippen molar-refractivity contribution in [2.75, 3.05) is 40.3 Å². The molecule has 134 valence electrons. The molecule has 0 aromatic carbocycles. The Labute approximate surface area is 147 Å². The second-order valence-corrected chi connectivity index (χ2v) is 6.53. The van der Waals surface area contributed by atoms with Gasteiger partial charge in [-0.2, -0.15) is 0 Å². The smallest absolute Gasteiger partial charge is 0.236 e. The van der Waals surface area contributed by atoms with Crippen LogP contribution in [0.4, 0.5) is 0 Å². The van der Waals surface area contributed by atoms with E-state index in [-0.39, 0.29) is 12.0 Å². The Morgan fingerprint density at radius 1 is 1.36 bits per heavy atom. The van der Waals surface area contributed by atoms with Crippen molar-refractivity contribution in [2.24, 2.45) is 0 Å². The van der Waals surface area contributed by atoms with Gasteiger partial charge in [0.15, 0.2) is 0 Å². The largest absolute Gasteiger partial charge is 0.369 e. The Kier molecular flexibility index (Phi) is 5.15. The van der Waals surface area contributed by atoms with Crippen molar-refractivity contribution in [1.29, 1.82) is 0 Å². The van der Waals surface area contributed by atoms with Gasteiger partial charge in [0, 0.05) is 27.2 Å². The Bertz CT molecular complexity index is 737. The van der Waals surface area contributed by atoms with Crippen LogP contribution in [0.25, 0.3) is 11.3 Å². The number of ether oxygens (including phenoxy) is 1. The molecule has 1 atom stereocenters. The van der Waals surface area contributed by atoms with E-state index in [2.05, 4.69) is 10.1 Å². The zero-order valence-electron chi connectivity index (χ0n) is 15.2. The topological polar surface area (TPSA) is 71.7 Å². The molecule has 1 aliphatic rings. The van der Waals surface area contributed by atoms with E-state index >= 15 is 0 Å². The molecule has 0 aliphatic carbocycles. The van der Waals surface area contributed by atoms with Crippen LogP contribution in [0.5, 0.6) is 0 Å². The van der Waals surface area contributed by atoms with Crippen LogP contribution >= 0.6 is 0 Å². The quantitative estimate of drug-likeness (QED) is 0.842. The number of hydrogen-bond donors (Lipinski definition) is 0. The minimum absolute atomic E-state index is 0.0954. The highest BCUT2D eigenvalue weighted by atomic mass is 16.5. The molecule has 3 heterocycles. The van der Waals surface area contributed by atoms with Gasteiger partial charge >= 0.3 is 0 Å². The van der Waals surface area contributed by atoms with E-state index < -0.39 is 0 Å². The summed E-state index contributed by atoms with van der Waals surface area (Å²) in [6, 6.07) is 5.88. The maximum Gasteiger partial charge on any atom is 0.236 e. The fourth-order valence-corrected chi connectivity index (χ4v) is 2.98. The van der Waals surface area contributed by atoms with E-state index in [4.69, 9.17) is 14.2 Å². The van der Waals surface area contributed by atoms with Crippen LogP contribution in [0.1, 0.15) is 23.3 Å². The molecule has 0 unspecified atom stereocenters. The van der Waals surface area contributed by atoms with Crippen molar-refractivity contribution in [3.8, 4) is 11.3 Å². The van der Waals surface area contributed by atoms with E-state index in [9.17, 15) is 4.79 Å². The summed E-state index contributed by atoms with van der Waals surface area (Å²) < 4.78 is 11.1. The van der Waals surface area contributed by atoms with Crippen LogP contribution in [0, 0.1) is 13.8 Å². The highest BCUT2D eigenvalue weighted by Gasteiger charge is 2.25. The van der Waals surface area contributed by atoms with E-state index in [0.29, 0.717) is 19.7 Å². The summed E-state index contributed by atoms with van der Waals surface area (Å²) >= 11 is 0. The summed E-state index contributed by atoms with van der Waals surface area (Å²) in [6.45, 7) is 6.18. The van der Waals surface area contributed by atoms with E-state index in [1.807, 2.05) is 32.0 Å². The van der Waals surface area contributed by atoms with Gasteiger partial charge in [-0.1, -0.05) is 11.2 Å². The first-order chi connectivity index (χ1) is 12.0. The SMILES string of the molecule is Cc1noc(C)c1-c1cccc([C@@H]2CN(CC(=O)N(C)C)CCO2)n1. The average molecular weight is 344 g/mol. The van der Waals surface area contributed by atoms with E-state index in [1.54, 1.807) is 19.0 Å². The van der Waals surface area contributed by atoms with Crippen molar-refractivity contribution >= 4 is 5.91 Å². The van der Waals surface area contributed by atoms with Crippen molar-refractivity contribution in [3.05, 3.63) is 35.3 Å². The second kappa shape index (κ2) is 7.33. The third kappa shape index (κ3) is 3.88. The first-order valence-electron chi connectivity index (χ1n) is 8.40. The number of rotatable bonds is 4. The summed E-state index contributed by atoms with van der Waals surface area (Å²) in [5.74, 6) is 0.850. The average Bonchev–Trinajstić information content (AvgIpc) is 2.94. The van der Waals surface area contributed by atoms with Gasteiger partial charge < -0.3 is 14.2 Å². The van der Waals surface area contributed by atoms with Crippen LogP contribution in [0.15, 0.2) is 22.7 Å². The molecule has 1 fully saturated rings. The molecule has 3 rings (SSSR count). The zero-order chi connectivity index (χ0) is 18.0. The molecule has 0 bridgehead atoms. The molecule has 25 heavy (non-hydrogen) atoms. The van der Waals surface area contributed by atoms with Gasteiger partial charge in [-0.3, -0.25) is 9.69 Å². The lowest BCUT2D eigenvalue weighted by molar-refractivity contribution is -0.132. The Morgan fingerprint density at radius 2 is 2.16 bits per heavy atom. The number of carbonyl (C=O) groups is 1. The van der Waals surface area contributed by atoms with Gasteiger partial charge in [0.25, 0.3) is 0 Å². The maximum absolute atomic E-state index is 11.9. The molecule has 7 heteroatoms. The standard InChI is InChI=1S/C18H24N4O3/c1-12-18(13(2)25-20-12)15-7-5-6-14(19-15)16-10-22(8-9-24-16)11-17(23)21(3)4/h5-7,16H,8-11H2,1-4H3/t16-/m0/s1. The monoisotopic (exact) mass is 344 g/mol. The molecule has 2 aromatic rings. The Balaban J connectivity index is 1.78. The zero-order valence-corrected chi connectivity index (χ0v) is 15.2. The Hall–Kier alpha value is -2.25. The van der Waals surface area contributed by atoms with Gasteiger partial charge in [-0.05, 0) is 26.0 Å². The fraction of sp³-hybridized carbons (Fsp3) is 0.500. The number of pyridine rings is 1. The van der Waals surface area contributed by atoms with Crippen LogP contribution in [-0.4, -0.2) is 66.2 Å². The minimum atomic E-state index is -0.149. The van der Waals surface area contributed by atoms with E-state index in [1.165, 1.54) is 0 Å². The summed E-state index contributed by atoms with van der Waals surface area (Å²) in [7, 11) is 3.55. The molecule has 0 N–H and O–H groups in total. The molecule has 7 nitrogen and oxygen atoms in total. The van der Waals surface area contributed by atoms with Crippen LogP contribution in [0.3, 0.4) is 0 Å². The first kappa shape index (κ1) is 17.6. The highest BCUT2D eigenvalue weighted by Crippen LogP contribution is 2.28. The molecule has 1 amide bonds. The van der Waals surface area contributed by atoms with Crippen LogP contribution in [-0.2, 0) is 9.53 Å². The predicted molar refractivity (Wildman–Crippen MR) is 93.0 cm³/mol. The molecule has 0 spiro atoms. The number of aromatic nitrogens is 2. The van der Waals surface area contributed by atoms with Gasteiger partial charge in [-0.15, -0.1) is 0 Å². The van der Waals surface area contributed by atoms with Crippen molar-refractivity contribution < 1.29 is 14.1 Å². The number of morpholine rings is 1. The van der Waals surface area contributed by atoms with Crippen molar-refractivity contribution in [1.82, 2.24) is 19.9 Å². The predicted octanol–water partition coefficient (Wildman–Crippen LogP) is 1.81. The second-order valence-electron chi connectivity index (χ2n) is 6.53. The molecular weight excluding hydrogens is 320 g/mol. The van der Waals surface area contributed by atoms with Gasteiger partial charge in [-0.25, -0.2) is 4.98 Å². The lowest BCUT2D eigenvalue weighted by Crippen LogP contribution is -2.44. The number of nitrogens with zero attached hydrogens (tertiary/aromatic N) is 4. The molecule has 2 aromatic heterocycles. The lowest BCUT2D eigenvalue weighted by Gasteiger charge is -2.32. The maximum atomic E-state index is 11.9. The normalized spacial score (nSPS) is 18.3. The van der Waals surface area contributed by atoms with E-state index in [0.717, 1.165) is 35.0 Å². The third-order valence-electron chi connectivity index (χ3n) is 4.40. The van der Waals surface area contributed by atoms with Gasteiger partial charge in [0.2, 0.25) is 5.91 Å². The molecule has 0 radical (unpaired) electrons. The molecule has 1 aliphatic heterocycles. The molecular formula is C18H24N4O3. The molecule has 0 saturated carbocycles. The number of aryl methyl sites for hydroxylation is 2. The third-order valence-corrected chi connectivity index (χ3v) is 4.40. The number of hydrogen-bond acceptors (Lipinski definition) is 6. The highest BCUT2D eigenvalue weighted by molar-refractivity contribution is 5.77. The van der Waals surface area contributed by atoms with Crippen LogP contribution in [0.2, 0.25) is 0 Å². The van der Waals surface area contributed by atoms with Crippen molar-refractivity contribution in [2.45, 2.75) is 20.0 Å². The van der Waals surface area contributed by atoms with Gasteiger partial charge in [0.05, 0.1) is 35.8 Å². The minimum Gasteiger partial charge on any atom is -0.369 e. The number of carbonyl (C=O) groups excluding carboxylic acids is 1. The summed E-state index contributed by atoms with van der Waals surface area (Å²) in [4.78, 5) is 20.4. The first-order valence-corrected chi connectivity index (χ1v) is 8.40. The van der Waals surface area contributed by atoms with Gasteiger partial charge in [0.1, 0.15) is 11.9 Å². The fourth-order valence-electron chi connectivity index (χ4n) is 2.98. The summed E-state index contributed by atoms with van der Waals surface area (Å²) in [6.07, 6.45) is -0.149. The lowest BCUT2D eigenvalue weighted by atomic mass is 10.1. The Morgan fingerprint density at radius 3 is 2.84 bits per heavy atom.